The van der Waals surface area contributed by atoms with Crippen molar-refractivity contribution in [1.82, 2.24) is 10.4 Å². The minimum atomic E-state index is -0.320. The molecule has 0 aliphatic carbocycles. The number of benzene rings is 1. The van der Waals surface area contributed by atoms with Crippen molar-refractivity contribution < 1.29 is 14.3 Å². The van der Waals surface area contributed by atoms with E-state index in [4.69, 9.17) is 9.47 Å². The topological polar surface area (TPSA) is 72.8 Å². The molecule has 0 radical (unpaired) electrons. The number of hydrogen-bond donors (Lipinski definition) is 1. The molecule has 2 aromatic rings. The van der Waals surface area contributed by atoms with E-state index in [2.05, 4.69) is 31.4 Å². The molecule has 6 nitrogen and oxygen atoms in total. The van der Waals surface area contributed by atoms with Crippen molar-refractivity contribution in [3.63, 3.8) is 0 Å². The Morgan fingerprint density at radius 2 is 2.12 bits per heavy atom. The molecule has 1 amide bonds. The highest BCUT2D eigenvalue weighted by atomic mass is 79.9. The van der Waals surface area contributed by atoms with Crippen LogP contribution in [0.5, 0.6) is 11.5 Å². The number of pyridine rings is 1. The number of halogens is 1. The van der Waals surface area contributed by atoms with Gasteiger partial charge in [0.15, 0.2) is 11.5 Å². The van der Waals surface area contributed by atoms with Gasteiger partial charge in [-0.1, -0.05) is 12.1 Å². The van der Waals surface area contributed by atoms with Crippen LogP contribution in [0.1, 0.15) is 22.8 Å². The number of rotatable bonds is 4. The summed E-state index contributed by atoms with van der Waals surface area (Å²) in [6.45, 7) is 2.04. The largest absolute Gasteiger partial charge is 0.454 e. The summed E-state index contributed by atoms with van der Waals surface area (Å²) in [6, 6.07) is 7.34. The van der Waals surface area contributed by atoms with Crippen LogP contribution in [-0.2, 0) is 0 Å². The smallest absolute Gasteiger partial charge is 0.272 e. The highest BCUT2D eigenvalue weighted by molar-refractivity contribution is 9.10. The maximum absolute atomic E-state index is 12.0. The Labute approximate surface area is 147 Å². The fraction of sp³-hybridized carbons (Fsp3) is 0.118. The molecule has 1 aromatic heterocycles. The Balaban J connectivity index is 1.62. The summed E-state index contributed by atoms with van der Waals surface area (Å²) in [6.07, 6.45) is 6.78. The maximum Gasteiger partial charge on any atom is 0.272 e. The third kappa shape index (κ3) is 3.99. The Bertz CT molecular complexity index is 834. The van der Waals surface area contributed by atoms with Crippen molar-refractivity contribution in [3.05, 3.63) is 58.3 Å². The summed E-state index contributed by atoms with van der Waals surface area (Å²) in [4.78, 5) is 15.9. The number of hydrogen-bond acceptors (Lipinski definition) is 5. The highest BCUT2D eigenvalue weighted by Crippen LogP contribution is 2.32. The zero-order valence-electron chi connectivity index (χ0n) is 12.8. The van der Waals surface area contributed by atoms with Crippen LogP contribution in [0.2, 0.25) is 0 Å². The van der Waals surface area contributed by atoms with Crippen LogP contribution in [-0.4, -0.2) is 23.4 Å². The van der Waals surface area contributed by atoms with Crippen molar-refractivity contribution in [3.8, 4) is 11.5 Å². The Morgan fingerprint density at radius 3 is 2.96 bits per heavy atom. The molecule has 0 saturated heterocycles. The van der Waals surface area contributed by atoms with Gasteiger partial charge in [0.1, 0.15) is 0 Å². The highest BCUT2D eigenvalue weighted by Gasteiger charge is 2.12. The predicted molar refractivity (Wildman–Crippen MR) is 94.1 cm³/mol. The number of ether oxygens (including phenoxy) is 2. The molecule has 0 bridgehead atoms. The lowest BCUT2D eigenvalue weighted by Gasteiger charge is -2.01. The van der Waals surface area contributed by atoms with Crippen LogP contribution in [0.25, 0.3) is 6.08 Å². The van der Waals surface area contributed by atoms with Crippen LogP contribution >= 0.6 is 15.9 Å². The summed E-state index contributed by atoms with van der Waals surface area (Å²) >= 11 is 3.27. The molecule has 0 atom stereocenters. The normalized spacial score (nSPS) is 13.3. The zero-order valence-corrected chi connectivity index (χ0v) is 14.4. The summed E-state index contributed by atoms with van der Waals surface area (Å²) in [5, 5.41) is 4.05. The summed E-state index contributed by atoms with van der Waals surface area (Å²) in [5.41, 5.74) is 4.54. The van der Waals surface area contributed by atoms with Gasteiger partial charge in [-0.15, -0.1) is 0 Å². The van der Waals surface area contributed by atoms with Crippen LogP contribution < -0.4 is 14.9 Å². The van der Waals surface area contributed by atoms with Crippen LogP contribution in [0, 0.1) is 0 Å². The van der Waals surface area contributed by atoms with E-state index >= 15 is 0 Å². The van der Waals surface area contributed by atoms with E-state index < -0.39 is 0 Å². The number of aromatic nitrogens is 1. The average molecular weight is 388 g/mol. The summed E-state index contributed by atoms with van der Waals surface area (Å²) < 4.78 is 11.3. The number of carbonyl (C=O) groups is 1. The molecule has 1 aliphatic rings. The van der Waals surface area contributed by atoms with Crippen molar-refractivity contribution in [2.45, 2.75) is 6.92 Å². The van der Waals surface area contributed by atoms with Gasteiger partial charge in [0.05, 0.1) is 11.3 Å². The van der Waals surface area contributed by atoms with Gasteiger partial charge in [-0.25, -0.2) is 5.43 Å². The van der Waals surface area contributed by atoms with Crippen LogP contribution in [0.3, 0.4) is 0 Å². The van der Waals surface area contributed by atoms with E-state index in [1.165, 1.54) is 6.20 Å². The molecule has 2 heterocycles. The van der Waals surface area contributed by atoms with Gasteiger partial charge in [-0.2, -0.15) is 5.10 Å². The summed E-state index contributed by atoms with van der Waals surface area (Å²) in [7, 11) is 0. The molecule has 122 valence electrons. The first-order valence-corrected chi connectivity index (χ1v) is 7.94. The van der Waals surface area contributed by atoms with Crippen molar-refractivity contribution >= 4 is 33.6 Å². The second-order valence-corrected chi connectivity index (χ2v) is 5.95. The van der Waals surface area contributed by atoms with Gasteiger partial charge in [0.25, 0.3) is 5.91 Å². The number of allylic oxidation sites excluding steroid dienone is 1. The lowest BCUT2D eigenvalue weighted by molar-refractivity contribution is 0.0954. The van der Waals surface area contributed by atoms with Gasteiger partial charge < -0.3 is 9.47 Å². The molecule has 1 aromatic carbocycles. The Hall–Kier alpha value is -2.67. The first kappa shape index (κ1) is 16.2. The number of carbonyl (C=O) groups excluding carboxylic acids is 1. The minimum absolute atomic E-state index is 0.249. The molecule has 0 unspecified atom stereocenters. The fourth-order valence-electron chi connectivity index (χ4n) is 2.01. The first-order chi connectivity index (χ1) is 11.6. The van der Waals surface area contributed by atoms with Gasteiger partial charge >= 0.3 is 0 Å². The number of hydrazone groups is 1. The summed E-state index contributed by atoms with van der Waals surface area (Å²) in [5.74, 6) is 1.15. The van der Waals surface area contributed by atoms with Gasteiger partial charge in [-0.3, -0.25) is 9.78 Å². The van der Waals surface area contributed by atoms with Crippen molar-refractivity contribution in [2.75, 3.05) is 6.79 Å². The quantitative estimate of drug-likeness (QED) is 0.644. The fourth-order valence-corrected chi connectivity index (χ4v) is 2.38. The molecule has 3 rings (SSSR count). The van der Waals surface area contributed by atoms with E-state index in [1.807, 2.05) is 24.3 Å². The zero-order chi connectivity index (χ0) is 16.9. The van der Waals surface area contributed by atoms with E-state index in [9.17, 15) is 4.79 Å². The van der Waals surface area contributed by atoms with Gasteiger partial charge in [0.2, 0.25) is 6.79 Å². The molecular weight excluding hydrogens is 374 g/mol. The van der Waals surface area contributed by atoms with Gasteiger partial charge in [0, 0.05) is 16.9 Å². The third-order valence-electron chi connectivity index (χ3n) is 3.21. The number of fused-ring (bicyclic) bond motifs is 1. The second-order valence-electron chi connectivity index (χ2n) is 5.03. The first-order valence-electron chi connectivity index (χ1n) is 7.15. The number of amides is 1. The number of nitrogens with zero attached hydrogens (tertiary/aromatic N) is 2. The Kier molecular flexibility index (Phi) is 4.90. The van der Waals surface area contributed by atoms with Crippen LogP contribution in [0.15, 0.2) is 52.3 Å². The predicted octanol–water partition coefficient (Wildman–Crippen LogP) is 3.39. The van der Waals surface area contributed by atoms with Crippen molar-refractivity contribution in [2.24, 2.45) is 5.10 Å². The molecule has 1 N–H and O–H groups in total. The number of nitrogens with one attached hydrogen (secondary N) is 1. The van der Waals surface area contributed by atoms with E-state index in [0.717, 1.165) is 21.5 Å². The van der Waals surface area contributed by atoms with E-state index in [1.54, 1.807) is 25.3 Å². The molecule has 24 heavy (non-hydrogen) atoms. The average Bonchev–Trinajstić information content (AvgIpc) is 3.05. The Morgan fingerprint density at radius 1 is 1.29 bits per heavy atom. The molecule has 0 saturated carbocycles. The molecule has 0 spiro atoms. The lowest BCUT2D eigenvalue weighted by atomic mass is 10.2. The van der Waals surface area contributed by atoms with Gasteiger partial charge in [-0.05, 0) is 52.7 Å². The molecular formula is C17H14BrN3O3. The maximum atomic E-state index is 12.0. The van der Waals surface area contributed by atoms with E-state index in [-0.39, 0.29) is 12.7 Å². The van der Waals surface area contributed by atoms with E-state index in [0.29, 0.717) is 11.3 Å². The van der Waals surface area contributed by atoms with Crippen LogP contribution in [0.4, 0.5) is 0 Å². The SMILES string of the molecule is CC(/C=C/c1ccc2c(c1)OCO2)=N/NC(=O)c1cncc(Br)c1. The second kappa shape index (κ2) is 7.27. The van der Waals surface area contributed by atoms with Crippen molar-refractivity contribution in [1.29, 1.82) is 0 Å². The minimum Gasteiger partial charge on any atom is -0.454 e. The molecule has 0 fully saturated rings. The molecule has 7 heteroatoms. The lowest BCUT2D eigenvalue weighted by Crippen LogP contribution is -2.18. The third-order valence-corrected chi connectivity index (χ3v) is 3.65. The monoisotopic (exact) mass is 387 g/mol. The standard InChI is InChI=1S/C17H14BrN3O3/c1-11(20-21-17(22)13-7-14(18)9-19-8-13)2-3-12-4-5-15-16(6-12)24-10-23-15/h2-9H,10H2,1H3,(H,21,22)/b3-2+,20-11-. The molecule has 1 aliphatic heterocycles.